The minimum absolute atomic E-state index is 0.0328. The van der Waals surface area contributed by atoms with Gasteiger partial charge in [-0.15, -0.1) is 0 Å². The third-order valence-corrected chi connectivity index (χ3v) is 2.74. The van der Waals surface area contributed by atoms with E-state index in [1.807, 2.05) is 30.3 Å². The van der Waals surface area contributed by atoms with Crippen LogP contribution in [0.4, 0.5) is 10.1 Å². The Morgan fingerprint density at radius 3 is 2.79 bits per heavy atom. The molecule has 4 heteroatoms. The molecule has 0 saturated carbocycles. The van der Waals surface area contributed by atoms with Gasteiger partial charge >= 0.3 is 0 Å². The lowest BCUT2D eigenvalue weighted by atomic mass is 10.1. The first kappa shape index (κ1) is 12.9. The van der Waals surface area contributed by atoms with Crippen molar-refractivity contribution in [2.24, 2.45) is 0 Å². The molecule has 0 fully saturated rings. The van der Waals surface area contributed by atoms with Crippen LogP contribution in [0.2, 0.25) is 0 Å². The summed E-state index contributed by atoms with van der Waals surface area (Å²) in [5, 5.41) is 12.0. The van der Waals surface area contributed by atoms with Crippen molar-refractivity contribution in [1.29, 1.82) is 5.26 Å². The molecule has 2 aromatic carbocycles. The Balaban J connectivity index is 2.15. The SMILES string of the molecule is COc1cccc(CNc2cccc(F)c2C#N)c1. The maximum atomic E-state index is 13.4. The van der Waals surface area contributed by atoms with Crippen molar-refractivity contribution in [2.45, 2.75) is 6.54 Å². The van der Waals surface area contributed by atoms with E-state index in [1.165, 1.54) is 6.07 Å². The molecule has 0 radical (unpaired) electrons. The molecule has 0 aromatic heterocycles. The number of hydrogen-bond donors (Lipinski definition) is 1. The Bertz CT molecular complexity index is 620. The normalized spacial score (nSPS) is 9.74. The molecule has 2 rings (SSSR count). The van der Waals surface area contributed by atoms with Crippen molar-refractivity contribution in [3.05, 3.63) is 59.4 Å². The predicted octanol–water partition coefficient (Wildman–Crippen LogP) is 3.32. The Kier molecular flexibility index (Phi) is 3.99. The lowest BCUT2D eigenvalue weighted by molar-refractivity contribution is 0.414. The van der Waals surface area contributed by atoms with Crippen LogP contribution >= 0.6 is 0 Å². The van der Waals surface area contributed by atoms with E-state index in [0.29, 0.717) is 12.2 Å². The number of nitrogens with one attached hydrogen (secondary N) is 1. The van der Waals surface area contributed by atoms with E-state index in [9.17, 15) is 4.39 Å². The van der Waals surface area contributed by atoms with Crippen LogP contribution in [0.3, 0.4) is 0 Å². The Labute approximate surface area is 111 Å². The second kappa shape index (κ2) is 5.87. The topological polar surface area (TPSA) is 45.0 Å². The highest BCUT2D eigenvalue weighted by atomic mass is 19.1. The van der Waals surface area contributed by atoms with Gasteiger partial charge in [0.2, 0.25) is 0 Å². The van der Waals surface area contributed by atoms with Crippen molar-refractivity contribution in [2.75, 3.05) is 12.4 Å². The van der Waals surface area contributed by atoms with E-state index < -0.39 is 5.82 Å². The van der Waals surface area contributed by atoms with Gasteiger partial charge in [-0.2, -0.15) is 5.26 Å². The Morgan fingerprint density at radius 1 is 1.26 bits per heavy atom. The van der Waals surface area contributed by atoms with E-state index in [0.717, 1.165) is 11.3 Å². The van der Waals surface area contributed by atoms with Gasteiger partial charge in [-0.1, -0.05) is 18.2 Å². The third-order valence-electron chi connectivity index (χ3n) is 2.74. The number of halogens is 1. The highest BCUT2D eigenvalue weighted by molar-refractivity contribution is 5.58. The van der Waals surface area contributed by atoms with E-state index in [1.54, 1.807) is 19.2 Å². The summed E-state index contributed by atoms with van der Waals surface area (Å²) in [6.45, 7) is 0.495. The highest BCUT2D eigenvalue weighted by Crippen LogP contribution is 2.19. The number of rotatable bonds is 4. The summed E-state index contributed by atoms with van der Waals surface area (Å²) in [7, 11) is 1.60. The molecule has 96 valence electrons. The number of anilines is 1. The quantitative estimate of drug-likeness (QED) is 0.912. The van der Waals surface area contributed by atoms with Crippen LogP contribution in [0.15, 0.2) is 42.5 Å². The van der Waals surface area contributed by atoms with Gasteiger partial charge in [0.1, 0.15) is 23.2 Å². The van der Waals surface area contributed by atoms with Crippen LogP contribution < -0.4 is 10.1 Å². The first-order valence-electron chi connectivity index (χ1n) is 5.80. The molecule has 2 aromatic rings. The number of nitrogens with zero attached hydrogens (tertiary/aromatic N) is 1. The van der Waals surface area contributed by atoms with Crippen LogP contribution in [-0.2, 0) is 6.54 Å². The fraction of sp³-hybridized carbons (Fsp3) is 0.133. The zero-order valence-corrected chi connectivity index (χ0v) is 10.5. The number of ether oxygens (including phenoxy) is 1. The largest absolute Gasteiger partial charge is 0.497 e. The zero-order valence-electron chi connectivity index (χ0n) is 10.5. The highest BCUT2D eigenvalue weighted by Gasteiger charge is 2.07. The Morgan fingerprint density at radius 2 is 2.05 bits per heavy atom. The van der Waals surface area contributed by atoms with Gasteiger partial charge in [0.15, 0.2) is 0 Å². The average Bonchev–Trinajstić information content (AvgIpc) is 2.45. The van der Waals surface area contributed by atoms with Crippen molar-refractivity contribution >= 4 is 5.69 Å². The van der Waals surface area contributed by atoms with Gasteiger partial charge in [-0.3, -0.25) is 0 Å². The molecule has 0 saturated heterocycles. The van der Waals surface area contributed by atoms with Gasteiger partial charge in [0, 0.05) is 6.54 Å². The van der Waals surface area contributed by atoms with Gasteiger partial charge in [-0.25, -0.2) is 4.39 Å². The van der Waals surface area contributed by atoms with Crippen LogP contribution in [0.25, 0.3) is 0 Å². The van der Waals surface area contributed by atoms with E-state index in [2.05, 4.69) is 5.32 Å². The first-order chi connectivity index (χ1) is 9.24. The lowest BCUT2D eigenvalue weighted by Gasteiger charge is -2.09. The molecule has 1 N–H and O–H groups in total. The van der Waals surface area contributed by atoms with Gasteiger partial charge in [-0.05, 0) is 29.8 Å². The number of benzene rings is 2. The minimum atomic E-state index is -0.516. The predicted molar refractivity (Wildman–Crippen MR) is 71.4 cm³/mol. The summed E-state index contributed by atoms with van der Waals surface area (Å²) in [4.78, 5) is 0. The summed E-state index contributed by atoms with van der Waals surface area (Å²) in [6.07, 6.45) is 0. The standard InChI is InChI=1S/C15H13FN2O/c1-19-12-5-2-4-11(8-12)10-18-15-7-3-6-14(16)13(15)9-17/h2-8,18H,10H2,1H3. The molecule has 0 aliphatic carbocycles. The van der Waals surface area contributed by atoms with Crippen LogP contribution in [0, 0.1) is 17.1 Å². The smallest absolute Gasteiger partial charge is 0.143 e. The second-order valence-electron chi connectivity index (χ2n) is 3.98. The molecule has 0 bridgehead atoms. The molecule has 0 aliphatic rings. The maximum Gasteiger partial charge on any atom is 0.143 e. The molecular weight excluding hydrogens is 243 g/mol. The molecule has 19 heavy (non-hydrogen) atoms. The van der Waals surface area contributed by atoms with Crippen molar-refractivity contribution in [3.63, 3.8) is 0 Å². The van der Waals surface area contributed by atoms with Crippen LogP contribution in [0.5, 0.6) is 5.75 Å². The molecule has 0 aliphatic heterocycles. The second-order valence-corrected chi connectivity index (χ2v) is 3.98. The summed E-state index contributed by atoms with van der Waals surface area (Å²) < 4.78 is 18.5. The molecule has 0 spiro atoms. The maximum absolute atomic E-state index is 13.4. The van der Waals surface area contributed by atoms with E-state index in [-0.39, 0.29) is 5.56 Å². The molecule has 0 atom stereocenters. The molecule has 0 amide bonds. The molecule has 0 unspecified atom stereocenters. The van der Waals surface area contributed by atoms with Crippen molar-refractivity contribution in [3.8, 4) is 11.8 Å². The van der Waals surface area contributed by atoms with Crippen molar-refractivity contribution in [1.82, 2.24) is 0 Å². The van der Waals surface area contributed by atoms with Gasteiger partial charge in [0.05, 0.1) is 12.8 Å². The lowest BCUT2D eigenvalue weighted by Crippen LogP contribution is -2.02. The van der Waals surface area contributed by atoms with E-state index in [4.69, 9.17) is 10.00 Å². The summed E-state index contributed by atoms with van der Waals surface area (Å²) in [5.74, 6) is 0.247. The number of nitriles is 1. The van der Waals surface area contributed by atoms with Gasteiger partial charge < -0.3 is 10.1 Å². The molecule has 3 nitrogen and oxygen atoms in total. The van der Waals surface area contributed by atoms with Crippen LogP contribution in [-0.4, -0.2) is 7.11 Å². The summed E-state index contributed by atoms with van der Waals surface area (Å²) in [5.41, 5.74) is 1.52. The van der Waals surface area contributed by atoms with E-state index >= 15 is 0 Å². The molecular formula is C15H13FN2O. The minimum Gasteiger partial charge on any atom is -0.497 e. The number of hydrogen-bond acceptors (Lipinski definition) is 3. The summed E-state index contributed by atoms with van der Waals surface area (Å²) in [6, 6.07) is 13.9. The average molecular weight is 256 g/mol. The molecule has 0 heterocycles. The first-order valence-corrected chi connectivity index (χ1v) is 5.80. The third kappa shape index (κ3) is 3.02. The summed E-state index contributed by atoms with van der Waals surface area (Å²) >= 11 is 0. The fourth-order valence-electron chi connectivity index (χ4n) is 1.76. The van der Waals surface area contributed by atoms with Gasteiger partial charge in [0.25, 0.3) is 0 Å². The van der Waals surface area contributed by atoms with Crippen LogP contribution in [0.1, 0.15) is 11.1 Å². The Hall–Kier alpha value is -2.54. The fourth-order valence-corrected chi connectivity index (χ4v) is 1.76. The monoisotopic (exact) mass is 256 g/mol. The van der Waals surface area contributed by atoms with Crippen molar-refractivity contribution < 1.29 is 9.13 Å². The zero-order chi connectivity index (χ0) is 13.7. The number of methoxy groups -OCH3 is 1.